The first-order valence-electron chi connectivity index (χ1n) is 4.36. The van der Waals surface area contributed by atoms with Gasteiger partial charge in [-0.15, -0.1) is 0 Å². The predicted octanol–water partition coefficient (Wildman–Crippen LogP) is 2.90. The number of hydrogen-bond donors (Lipinski definition) is 1. The van der Waals surface area contributed by atoms with E-state index in [2.05, 4.69) is 32.9 Å². The molecule has 0 bridgehead atoms. The van der Waals surface area contributed by atoms with E-state index in [0.717, 1.165) is 5.56 Å². The van der Waals surface area contributed by atoms with Crippen LogP contribution in [0.3, 0.4) is 0 Å². The molecule has 0 unspecified atom stereocenters. The Bertz CT molecular complexity index is 299. The van der Waals surface area contributed by atoms with Crippen molar-refractivity contribution >= 4 is 11.6 Å². The van der Waals surface area contributed by atoms with Gasteiger partial charge >= 0.3 is 0 Å². The molecule has 0 fully saturated rings. The van der Waals surface area contributed by atoms with E-state index in [1.807, 2.05) is 6.07 Å². The summed E-state index contributed by atoms with van der Waals surface area (Å²) in [6, 6.07) is 7.02. The van der Waals surface area contributed by atoms with Crippen LogP contribution in [0.2, 0.25) is 5.02 Å². The van der Waals surface area contributed by atoms with Crippen molar-refractivity contribution in [2.75, 3.05) is 0 Å². The van der Waals surface area contributed by atoms with Gasteiger partial charge in [0.25, 0.3) is 0 Å². The lowest BCUT2D eigenvalue weighted by molar-refractivity contribution is 0.589. The largest absolute Gasteiger partial charge is 0.326 e. The van der Waals surface area contributed by atoms with Gasteiger partial charge in [0.15, 0.2) is 0 Å². The molecule has 2 N–H and O–H groups in total. The summed E-state index contributed by atoms with van der Waals surface area (Å²) in [5.41, 5.74) is 7.83. The van der Waals surface area contributed by atoms with Crippen LogP contribution in [0.1, 0.15) is 31.9 Å². The Morgan fingerprint density at radius 3 is 2.46 bits per heavy atom. The molecular weight excluding hydrogens is 182 g/mol. The van der Waals surface area contributed by atoms with Crippen molar-refractivity contribution in [3.63, 3.8) is 0 Å². The smallest absolute Gasteiger partial charge is 0.0491 e. The fraction of sp³-hybridized carbons (Fsp3) is 0.455. The second-order valence-electron chi connectivity index (χ2n) is 4.20. The Morgan fingerprint density at radius 1 is 1.38 bits per heavy atom. The normalized spacial score (nSPS) is 11.8. The molecule has 1 aromatic rings. The first kappa shape index (κ1) is 10.6. The summed E-state index contributed by atoms with van der Waals surface area (Å²) >= 11 is 5.92. The Kier molecular flexibility index (Phi) is 2.99. The molecule has 1 rings (SSSR count). The van der Waals surface area contributed by atoms with Gasteiger partial charge in [-0.3, -0.25) is 0 Å². The van der Waals surface area contributed by atoms with Crippen molar-refractivity contribution in [1.29, 1.82) is 0 Å². The van der Waals surface area contributed by atoms with E-state index in [1.54, 1.807) is 0 Å². The molecule has 2 heteroatoms. The summed E-state index contributed by atoms with van der Waals surface area (Å²) in [5.74, 6) is 0. The highest BCUT2D eigenvalue weighted by molar-refractivity contribution is 6.30. The molecule has 1 nitrogen and oxygen atoms in total. The summed E-state index contributed by atoms with van der Waals surface area (Å²) in [5, 5.41) is 0.646. The van der Waals surface area contributed by atoms with Gasteiger partial charge < -0.3 is 5.73 Å². The number of hydrogen-bond acceptors (Lipinski definition) is 1. The Labute approximate surface area is 84.9 Å². The van der Waals surface area contributed by atoms with Crippen molar-refractivity contribution in [3.8, 4) is 0 Å². The lowest BCUT2D eigenvalue weighted by Crippen LogP contribution is -2.12. The molecule has 0 aliphatic rings. The number of halogens is 1. The van der Waals surface area contributed by atoms with Crippen LogP contribution in [0.5, 0.6) is 0 Å². The Balaban J connectivity index is 3.16. The van der Waals surface area contributed by atoms with Crippen LogP contribution in [-0.2, 0) is 12.0 Å². The van der Waals surface area contributed by atoms with Gasteiger partial charge in [-0.1, -0.05) is 38.4 Å². The van der Waals surface area contributed by atoms with Crippen molar-refractivity contribution < 1.29 is 0 Å². The third-order valence-electron chi connectivity index (χ3n) is 1.98. The summed E-state index contributed by atoms with van der Waals surface area (Å²) in [6.45, 7) is 6.94. The van der Waals surface area contributed by atoms with Crippen LogP contribution in [0.4, 0.5) is 0 Å². The average Bonchev–Trinajstić information content (AvgIpc) is 2.01. The first-order valence-corrected chi connectivity index (χ1v) is 4.73. The van der Waals surface area contributed by atoms with Crippen LogP contribution < -0.4 is 5.73 Å². The zero-order valence-corrected chi connectivity index (χ0v) is 9.07. The van der Waals surface area contributed by atoms with E-state index >= 15 is 0 Å². The minimum atomic E-state index is 0.114. The number of rotatable bonds is 1. The van der Waals surface area contributed by atoms with Gasteiger partial charge in [-0.2, -0.15) is 0 Å². The fourth-order valence-corrected chi connectivity index (χ4v) is 1.37. The van der Waals surface area contributed by atoms with Crippen molar-refractivity contribution in [2.45, 2.75) is 32.7 Å². The fourth-order valence-electron chi connectivity index (χ4n) is 1.13. The molecule has 0 saturated carbocycles. The Morgan fingerprint density at radius 2 is 2.00 bits per heavy atom. The molecule has 0 spiro atoms. The monoisotopic (exact) mass is 196 g/mol. The third-order valence-corrected chi connectivity index (χ3v) is 2.18. The lowest BCUT2D eigenvalue weighted by Gasteiger charge is -2.19. The molecule has 0 amide bonds. The summed E-state index contributed by atoms with van der Waals surface area (Å²) in [7, 11) is 0. The summed E-state index contributed by atoms with van der Waals surface area (Å²) in [6.07, 6.45) is 0. The van der Waals surface area contributed by atoms with Crippen molar-refractivity contribution in [3.05, 3.63) is 34.3 Å². The average molecular weight is 197 g/mol. The SMILES string of the molecule is CC(C)(C)c1cc(Cl)[c]c(CN)c1. The highest BCUT2D eigenvalue weighted by atomic mass is 35.5. The van der Waals surface area contributed by atoms with E-state index in [9.17, 15) is 0 Å². The molecule has 1 aromatic carbocycles. The maximum Gasteiger partial charge on any atom is 0.0491 e. The molecule has 71 valence electrons. The first-order chi connectivity index (χ1) is 5.93. The van der Waals surface area contributed by atoms with Gasteiger partial charge in [-0.25, -0.2) is 0 Å². The van der Waals surface area contributed by atoms with Gasteiger partial charge in [0.2, 0.25) is 0 Å². The quantitative estimate of drug-likeness (QED) is 0.735. The number of benzene rings is 1. The third kappa shape index (κ3) is 2.71. The highest BCUT2D eigenvalue weighted by Crippen LogP contribution is 2.25. The van der Waals surface area contributed by atoms with Gasteiger partial charge in [0.05, 0.1) is 0 Å². The van der Waals surface area contributed by atoms with Gasteiger partial charge in [-0.05, 0) is 22.6 Å². The van der Waals surface area contributed by atoms with Crippen LogP contribution in [0.15, 0.2) is 12.1 Å². The molecule has 0 aromatic heterocycles. The topological polar surface area (TPSA) is 26.0 Å². The predicted molar refractivity (Wildman–Crippen MR) is 56.9 cm³/mol. The zero-order valence-electron chi connectivity index (χ0n) is 8.32. The second-order valence-corrected chi connectivity index (χ2v) is 4.60. The number of nitrogens with two attached hydrogens (primary N) is 1. The van der Waals surface area contributed by atoms with Gasteiger partial charge in [0, 0.05) is 17.6 Å². The molecule has 0 atom stereocenters. The van der Waals surface area contributed by atoms with Crippen molar-refractivity contribution in [2.24, 2.45) is 5.73 Å². The minimum Gasteiger partial charge on any atom is -0.326 e. The molecule has 0 saturated heterocycles. The highest BCUT2D eigenvalue weighted by Gasteiger charge is 2.14. The van der Waals surface area contributed by atoms with E-state index in [-0.39, 0.29) is 5.41 Å². The summed E-state index contributed by atoms with van der Waals surface area (Å²) < 4.78 is 0. The lowest BCUT2D eigenvalue weighted by atomic mass is 9.86. The van der Waals surface area contributed by atoms with Gasteiger partial charge in [0.1, 0.15) is 0 Å². The van der Waals surface area contributed by atoms with Crippen LogP contribution in [0, 0.1) is 6.07 Å². The van der Waals surface area contributed by atoms with Crippen LogP contribution in [-0.4, -0.2) is 0 Å². The van der Waals surface area contributed by atoms with E-state index < -0.39 is 0 Å². The molecule has 0 aliphatic carbocycles. The molecular formula is C11H15ClN. The van der Waals surface area contributed by atoms with Crippen molar-refractivity contribution in [1.82, 2.24) is 0 Å². The van der Waals surface area contributed by atoms with E-state index in [1.165, 1.54) is 5.56 Å². The molecule has 13 heavy (non-hydrogen) atoms. The minimum absolute atomic E-state index is 0.114. The van der Waals surface area contributed by atoms with Crippen LogP contribution in [0.25, 0.3) is 0 Å². The van der Waals surface area contributed by atoms with Crippen LogP contribution >= 0.6 is 11.6 Å². The maximum absolute atomic E-state index is 5.92. The molecule has 0 aliphatic heterocycles. The van der Waals surface area contributed by atoms with E-state index in [4.69, 9.17) is 17.3 Å². The standard InChI is InChI=1S/C11H15ClN/c1-11(2,3)9-4-8(7-13)5-10(12)6-9/h4,6H,7,13H2,1-3H3. The Hall–Kier alpha value is -0.530. The second kappa shape index (κ2) is 3.69. The zero-order chi connectivity index (χ0) is 10.1. The molecule has 0 heterocycles. The molecule has 1 radical (unpaired) electrons. The van der Waals surface area contributed by atoms with E-state index in [0.29, 0.717) is 11.6 Å². The summed E-state index contributed by atoms with van der Waals surface area (Å²) in [4.78, 5) is 0. The maximum atomic E-state index is 5.92.